The van der Waals surface area contributed by atoms with Gasteiger partial charge in [0.2, 0.25) is 0 Å². The first-order chi connectivity index (χ1) is 6.67. The van der Waals surface area contributed by atoms with E-state index in [1.54, 1.807) is 0 Å². The number of carbonyl (C=O) groups is 1. The van der Waals surface area contributed by atoms with Gasteiger partial charge in [0.15, 0.2) is 0 Å². The number of hydrogen-bond acceptors (Lipinski definition) is 1. The molecule has 0 N–H and O–H groups in total. The Morgan fingerprint density at radius 2 is 2.14 bits per heavy atom. The van der Waals surface area contributed by atoms with Crippen molar-refractivity contribution in [1.82, 2.24) is 0 Å². The number of halogens is 1. The summed E-state index contributed by atoms with van der Waals surface area (Å²) in [6.45, 7) is 2.40. The van der Waals surface area contributed by atoms with Gasteiger partial charge in [0, 0.05) is 16.7 Å². The molecule has 9 atom stereocenters. The molecule has 0 heterocycles. The van der Waals surface area contributed by atoms with Crippen LogP contribution in [0.5, 0.6) is 0 Å². The van der Waals surface area contributed by atoms with Crippen LogP contribution in [0.1, 0.15) is 13.3 Å². The summed E-state index contributed by atoms with van der Waals surface area (Å²) in [5, 5.41) is 0. The first kappa shape index (κ1) is 7.43. The van der Waals surface area contributed by atoms with Crippen LogP contribution in [0.25, 0.3) is 0 Å². The second-order valence-corrected chi connectivity index (χ2v) is 7.40. The first-order valence-corrected chi connectivity index (χ1v) is 6.76. The van der Waals surface area contributed by atoms with E-state index in [4.69, 9.17) is 0 Å². The number of hydrogen-bond donors (Lipinski definition) is 0. The summed E-state index contributed by atoms with van der Waals surface area (Å²) in [7, 11) is 0. The standard InChI is InChI=1S/C12H13BrO/c1-12-8-4-2-3-5(6(4)11(12)13)9(12)10(14)7(3)8/h3-9,11H,2H2,1H3/t3-,4+,5?,6+,7+,8-,9+,11+,12+/m1/s1. The van der Waals surface area contributed by atoms with E-state index >= 15 is 0 Å². The monoisotopic (exact) mass is 252 g/mol. The molecule has 6 saturated carbocycles. The van der Waals surface area contributed by atoms with Gasteiger partial charge in [0.05, 0.1) is 0 Å². The smallest absolute Gasteiger partial charge is 0.140 e. The Hall–Kier alpha value is 0.150. The zero-order chi connectivity index (χ0) is 9.40. The van der Waals surface area contributed by atoms with Gasteiger partial charge in [0.25, 0.3) is 0 Å². The third-order valence-electron chi connectivity index (χ3n) is 6.63. The summed E-state index contributed by atoms with van der Waals surface area (Å²) in [5.41, 5.74) is 0.370. The van der Waals surface area contributed by atoms with Crippen molar-refractivity contribution in [3.05, 3.63) is 0 Å². The molecule has 6 aliphatic rings. The molecule has 0 aliphatic heterocycles. The van der Waals surface area contributed by atoms with Crippen LogP contribution in [0.2, 0.25) is 0 Å². The molecule has 0 aromatic carbocycles. The maximum Gasteiger partial charge on any atom is 0.140 e. The van der Waals surface area contributed by atoms with Gasteiger partial charge in [-0.2, -0.15) is 0 Å². The van der Waals surface area contributed by atoms with Crippen LogP contribution in [-0.2, 0) is 4.79 Å². The Kier molecular flexibility index (Phi) is 0.883. The molecule has 0 saturated heterocycles. The molecule has 6 rings (SSSR count). The molecule has 0 radical (unpaired) electrons. The van der Waals surface area contributed by atoms with E-state index in [9.17, 15) is 4.79 Å². The minimum absolute atomic E-state index is 0.370. The van der Waals surface area contributed by atoms with Crippen LogP contribution in [0, 0.1) is 46.8 Å². The minimum atomic E-state index is 0.370. The lowest BCUT2D eigenvalue weighted by Crippen LogP contribution is -2.37. The van der Waals surface area contributed by atoms with Crippen LogP contribution in [0.3, 0.4) is 0 Å². The fraction of sp³-hybridized carbons (Fsp3) is 0.917. The Bertz CT molecular complexity index is 390. The maximum absolute atomic E-state index is 12.2. The average Bonchev–Trinajstić information content (AvgIpc) is 2.81. The van der Waals surface area contributed by atoms with Crippen LogP contribution in [0.4, 0.5) is 0 Å². The fourth-order valence-corrected chi connectivity index (χ4v) is 8.05. The molecule has 0 aromatic rings. The predicted octanol–water partition coefficient (Wildman–Crippen LogP) is 2.10. The van der Waals surface area contributed by atoms with Gasteiger partial charge in [0.1, 0.15) is 5.78 Å². The van der Waals surface area contributed by atoms with Crippen molar-refractivity contribution in [3.63, 3.8) is 0 Å². The molecule has 6 bridgehead atoms. The molecule has 74 valence electrons. The van der Waals surface area contributed by atoms with Crippen molar-refractivity contribution in [2.45, 2.75) is 18.2 Å². The topological polar surface area (TPSA) is 17.1 Å². The van der Waals surface area contributed by atoms with Gasteiger partial charge in [-0.1, -0.05) is 22.9 Å². The number of Topliss-reactive ketones (excluding diaryl/α,β-unsaturated/α-hetero) is 1. The molecule has 14 heavy (non-hydrogen) atoms. The Balaban J connectivity index is 1.92. The number of alkyl halides is 1. The van der Waals surface area contributed by atoms with E-state index in [0.717, 1.165) is 29.6 Å². The maximum atomic E-state index is 12.2. The summed E-state index contributed by atoms with van der Waals surface area (Å²) in [6.07, 6.45) is 1.39. The highest BCUT2D eigenvalue weighted by molar-refractivity contribution is 9.09. The molecular formula is C12H13BrO. The lowest BCUT2D eigenvalue weighted by Gasteiger charge is -2.38. The normalized spacial score (nSPS) is 80.3. The molecule has 6 aliphatic carbocycles. The van der Waals surface area contributed by atoms with E-state index in [0.29, 0.717) is 27.9 Å². The molecule has 1 nitrogen and oxygen atoms in total. The largest absolute Gasteiger partial charge is 0.299 e. The molecular weight excluding hydrogens is 240 g/mol. The highest BCUT2D eigenvalue weighted by atomic mass is 79.9. The SMILES string of the molecule is C[C@@]12[C@@H]3[C@H]4C[C@@H]5C([C@H]4[C@@H]1Br)[C@H]2C(=O)[C@H]35. The van der Waals surface area contributed by atoms with Gasteiger partial charge < -0.3 is 0 Å². The fourth-order valence-electron chi connectivity index (χ4n) is 6.72. The molecule has 1 unspecified atom stereocenters. The highest BCUT2D eigenvalue weighted by Crippen LogP contribution is 2.86. The van der Waals surface area contributed by atoms with Crippen LogP contribution < -0.4 is 0 Å². The van der Waals surface area contributed by atoms with Crippen molar-refractivity contribution < 1.29 is 4.79 Å². The van der Waals surface area contributed by atoms with Gasteiger partial charge in [-0.05, 0) is 41.4 Å². The average molecular weight is 253 g/mol. The summed E-state index contributed by atoms with van der Waals surface area (Å²) in [5.74, 6) is 5.85. The number of ketones is 1. The molecule has 0 aromatic heterocycles. The second-order valence-electron chi connectivity index (χ2n) is 6.42. The summed E-state index contributed by atoms with van der Waals surface area (Å²) < 4.78 is 0. The summed E-state index contributed by atoms with van der Waals surface area (Å²) in [6, 6.07) is 0. The minimum Gasteiger partial charge on any atom is -0.299 e. The van der Waals surface area contributed by atoms with Crippen molar-refractivity contribution in [3.8, 4) is 0 Å². The second kappa shape index (κ2) is 1.66. The zero-order valence-electron chi connectivity index (χ0n) is 8.11. The lowest BCUT2D eigenvalue weighted by atomic mass is 9.64. The third-order valence-corrected chi connectivity index (χ3v) is 8.22. The van der Waals surface area contributed by atoms with Crippen molar-refractivity contribution in [2.24, 2.45) is 46.8 Å². The Labute approximate surface area is 91.8 Å². The van der Waals surface area contributed by atoms with E-state index < -0.39 is 0 Å². The van der Waals surface area contributed by atoms with Crippen LogP contribution in [-0.4, -0.2) is 10.6 Å². The Morgan fingerprint density at radius 1 is 1.36 bits per heavy atom. The quantitative estimate of drug-likeness (QED) is 0.604. The number of rotatable bonds is 0. The van der Waals surface area contributed by atoms with E-state index in [1.807, 2.05) is 0 Å². The highest BCUT2D eigenvalue weighted by Gasteiger charge is 2.87. The van der Waals surface area contributed by atoms with Crippen LogP contribution >= 0.6 is 15.9 Å². The van der Waals surface area contributed by atoms with Gasteiger partial charge >= 0.3 is 0 Å². The van der Waals surface area contributed by atoms with E-state index in [1.165, 1.54) is 6.42 Å². The Morgan fingerprint density at radius 3 is 2.86 bits per heavy atom. The zero-order valence-corrected chi connectivity index (χ0v) is 9.70. The van der Waals surface area contributed by atoms with Gasteiger partial charge in [-0.25, -0.2) is 0 Å². The molecule has 2 heteroatoms. The predicted molar refractivity (Wildman–Crippen MR) is 54.9 cm³/mol. The molecule has 0 amide bonds. The van der Waals surface area contributed by atoms with E-state index in [-0.39, 0.29) is 0 Å². The van der Waals surface area contributed by atoms with E-state index in [2.05, 4.69) is 22.9 Å². The van der Waals surface area contributed by atoms with Crippen molar-refractivity contribution in [1.29, 1.82) is 0 Å². The third kappa shape index (κ3) is 0.391. The van der Waals surface area contributed by atoms with Gasteiger partial charge in [-0.15, -0.1) is 0 Å². The lowest BCUT2D eigenvalue weighted by molar-refractivity contribution is -0.122. The van der Waals surface area contributed by atoms with Gasteiger partial charge in [-0.3, -0.25) is 4.79 Å². The molecule has 6 fully saturated rings. The first-order valence-electron chi connectivity index (χ1n) is 5.85. The molecule has 0 spiro atoms. The summed E-state index contributed by atoms with van der Waals surface area (Å²) in [4.78, 5) is 12.9. The summed E-state index contributed by atoms with van der Waals surface area (Å²) >= 11 is 3.92. The number of carbonyl (C=O) groups excluding carboxylic acids is 1. The van der Waals surface area contributed by atoms with Crippen molar-refractivity contribution in [2.75, 3.05) is 0 Å². The van der Waals surface area contributed by atoms with Crippen LogP contribution in [0.15, 0.2) is 0 Å². The van der Waals surface area contributed by atoms with Crippen molar-refractivity contribution >= 4 is 21.7 Å².